The average molecular weight is 403 g/mol. The molecule has 28 heavy (non-hydrogen) atoms. The molecule has 1 spiro atoms. The number of hydrogen-bond donors (Lipinski definition) is 2. The van der Waals surface area contributed by atoms with Gasteiger partial charge in [0.05, 0.1) is 17.3 Å². The summed E-state index contributed by atoms with van der Waals surface area (Å²) in [6, 6.07) is 9.25. The van der Waals surface area contributed by atoms with Crippen molar-refractivity contribution < 1.29 is 13.2 Å². The Hall–Kier alpha value is -2.03. The van der Waals surface area contributed by atoms with Crippen LogP contribution in [0.25, 0.3) is 10.9 Å². The van der Waals surface area contributed by atoms with Crippen molar-refractivity contribution in [3.8, 4) is 0 Å². The summed E-state index contributed by atoms with van der Waals surface area (Å²) in [5.41, 5.74) is 1.75. The minimum Gasteiger partial charge on any atom is -0.348 e. The molecule has 150 valence electrons. The monoisotopic (exact) mass is 402 g/mol. The number of benzene rings is 1. The molecule has 2 aliphatic rings. The van der Waals surface area contributed by atoms with Gasteiger partial charge in [-0.2, -0.15) is 0 Å². The fraction of sp³-hybridized carbons (Fsp3) is 0.500. The van der Waals surface area contributed by atoms with E-state index in [1.54, 1.807) is 6.20 Å². The van der Waals surface area contributed by atoms with Gasteiger partial charge < -0.3 is 5.32 Å². The Labute approximate surface area is 165 Å². The summed E-state index contributed by atoms with van der Waals surface area (Å²) in [6.07, 6.45) is 6.88. The third-order valence-corrected chi connectivity index (χ3v) is 6.41. The van der Waals surface area contributed by atoms with Gasteiger partial charge in [0.15, 0.2) is 0 Å². The molecule has 1 aliphatic carbocycles. The zero-order chi connectivity index (χ0) is 19.8. The van der Waals surface area contributed by atoms with E-state index in [-0.39, 0.29) is 11.4 Å². The van der Waals surface area contributed by atoms with E-state index in [4.69, 9.17) is 0 Å². The Bertz CT molecular complexity index is 981. The maximum absolute atomic E-state index is 12.8. The molecule has 2 N–H and O–H groups in total. The molecule has 4 rings (SSSR count). The standard InChI is InChI=1S/C20H26N4O3S/c1-28(26,27)23-17-13-24(14-20(22-19(17)25)9-2-3-10-20)12-16-7-4-6-15-8-5-11-21-18(15)16/h4-8,11,17,23H,2-3,9-10,12-14H2,1H3,(H,22,25). The van der Waals surface area contributed by atoms with Crippen LogP contribution < -0.4 is 10.0 Å². The third kappa shape index (κ3) is 4.19. The maximum Gasteiger partial charge on any atom is 0.239 e. The molecule has 1 amide bonds. The lowest BCUT2D eigenvalue weighted by Crippen LogP contribution is -2.54. The van der Waals surface area contributed by atoms with Crippen LogP contribution in [0.4, 0.5) is 0 Å². The molecule has 1 saturated heterocycles. The van der Waals surface area contributed by atoms with E-state index in [1.165, 1.54) is 0 Å². The molecule has 8 heteroatoms. The van der Waals surface area contributed by atoms with Crippen LogP contribution in [-0.2, 0) is 21.4 Å². The van der Waals surface area contributed by atoms with Crippen molar-refractivity contribution >= 4 is 26.8 Å². The van der Waals surface area contributed by atoms with Crippen LogP contribution in [0.2, 0.25) is 0 Å². The molecule has 1 unspecified atom stereocenters. The number of nitrogens with zero attached hydrogens (tertiary/aromatic N) is 2. The summed E-state index contributed by atoms with van der Waals surface area (Å²) in [4.78, 5) is 19.5. The topological polar surface area (TPSA) is 91.4 Å². The first-order valence-electron chi connectivity index (χ1n) is 9.68. The van der Waals surface area contributed by atoms with Crippen LogP contribution in [0.15, 0.2) is 36.5 Å². The number of nitrogens with one attached hydrogen (secondary N) is 2. The fourth-order valence-electron chi connectivity index (χ4n) is 4.56. The zero-order valence-electron chi connectivity index (χ0n) is 16.0. The van der Waals surface area contributed by atoms with Gasteiger partial charge >= 0.3 is 0 Å². The highest BCUT2D eigenvalue weighted by Gasteiger charge is 2.42. The number of sulfonamides is 1. The molecule has 1 atom stereocenters. The molecule has 1 aliphatic heterocycles. The summed E-state index contributed by atoms with van der Waals surface area (Å²) >= 11 is 0. The number of amides is 1. The first-order valence-corrected chi connectivity index (χ1v) is 11.6. The lowest BCUT2D eigenvalue weighted by molar-refractivity contribution is -0.123. The highest BCUT2D eigenvalue weighted by atomic mass is 32.2. The molecule has 7 nitrogen and oxygen atoms in total. The molecule has 1 aromatic carbocycles. The van der Waals surface area contributed by atoms with Gasteiger partial charge in [-0.25, -0.2) is 13.1 Å². The van der Waals surface area contributed by atoms with Gasteiger partial charge in [0.25, 0.3) is 0 Å². The Kier molecular flexibility index (Phi) is 5.11. The van der Waals surface area contributed by atoms with Gasteiger partial charge in [-0.05, 0) is 24.5 Å². The zero-order valence-corrected chi connectivity index (χ0v) is 16.8. The Morgan fingerprint density at radius 1 is 1.25 bits per heavy atom. The number of fused-ring (bicyclic) bond motifs is 1. The normalized spacial score (nSPS) is 23.0. The second-order valence-electron chi connectivity index (χ2n) is 8.08. The maximum atomic E-state index is 12.8. The first kappa shape index (κ1) is 19.3. The van der Waals surface area contributed by atoms with E-state index >= 15 is 0 Å². The summed E-state index contributed by atoms with van der Waals surface area (Å²) in [7, 11) is -3.49. The predicted molar refractivity (Wildman–Crippen MR) is 108 cm³/mol. The minimum absolute atomic E-state index is 0.231. The van der Waals surface area contributed by atoms with E-state index in [0.717, 1.165) is 48.4 Å². The smallest absolute Gasteiger partial charge is 0.239 e. The summed E-state index contributed by atoms with van der Waals surface area (Å²) < 4.78 is 26.1. The van der Waals surface area contributed by atoms with Crippen molar-refractivity contribution in [2.75, 3.05) is 19.3 Å². The molecular weight excluding hydrogens is 376 g/mol. The van der Waals surface area contributed by atoms with Crippen molar-refractivity contribution in [1.29, 1.82) is 0 Å². The lowest BCUT2D eigenvalue weighted by Gasteiger charge is -2.33. The van der Waals surface area contributed by atoms with E-state index in [1.807, 2.05) is 24.3 Å². The number of pyridine rings is 1. The number of para-hydroxylation sites is 1. The Morgan fingerprint density at radius 3 is 2.75 bits per heavy atom. The highest BCUT2D eigenvalue weighted by Crippen LogP contribution is 2.32. The fourth-order valence-corrected chi connectivity index (χ4v) is 5.26. The minimum atomic E-state index is -3.49. The predicted octanol–water partition coefficient (Wildman–Crippen LogP) is 1.40. The van der Waals surface area contributed by atoms with E-state index < -0.39 is 16.1 Å². The molecule has 1 saturated carbocycles. The molecule has 2 heterocycles. The van der Waals surface area contributed by atoms with Gasteiger partial charge in [-0.1, -0.05) is 37.1 Å². The van der Waals surface area contributed by atoms with Crippen LogP contribution in [0, 0.1) is 0 Å². The number of hydrogen-bond acceptors (Lipinski definition) is 5. The molecule has 1 aromatic heterocycles. The molecule has 2 aromatic rings. The van der Waals surface area contributed by atoms with Crippen LogP contribution in [-0.4, -0.2) is 55.1 Å². The van der Waals surface area contributed by atoms with Crippen LogP contribution in [0.3, 0.4) is 0 Å². The Morgan fingerprint density at radius 2 is 2.00 bits per heavy atom. The van der Waals surface area contributed by atoms with Gasteiger partial charge in [-0.3, -0.25) is 14.7 Å². The lowest BCUT2D eigenvalue weighted by atomic mass is 9.97. The van der Waals surface area contributed by atoms with Crippen LogP contribution in [0.5, 0.6) is 0 Å². The third-order valence-electron chi connectivity index (χ3n) is 5.70. The molecule has 2 fully saturated rings. The summed E-state index contributed by atoms with van der Waals surface area (Å²) in [5, 5.41) is 4.23. The second kappa shape index (κ2) is 7.42. The van der Waals surface area contributed by atoms with Crippen molar-refractivity contribution in [2.24, 2.45) is 0 Å². The van der Waals surface area contributed by atoms with Crippen LogP contribution in [0.1, 0.15) is 31.2 Å². The Balaban J connectivity index is 1.65. The van der Waals surface area contributed by atoms with E-state index in [0.29, 0.717) is 19.6 Å². The molecule has 0 bridgehead atoms. The summed E-state index contributed by atoms with van der Waals surface area (Å²) in [6.45, 7) is 1.67. The first-order chi connectivity index (χ1) is 13.3. The van der Waals surface area contributed by atoms with Gasteiger partial charge in [0.2, 0.25) is 15.9 Å². The number of rotatable bonds is 4. The van der Waals surface area contributed by atoms with Crippen molar-refractivity contribution in [2.45, 2.75) is 43.8 Å². The van der Waals surface area contributed by atoms with Crippen LogP contribution >= 0.6 is 0 Å². The largest absolute Gasteiger partial charge is 0.348 e. The average Bonchev–Trinajstić information content (AvgIpc) is 3.03. The van der Waals surface area contributed by atoms with E-state index in [9.17, 15) is 13.2 Å². The number of carbonyl (C=O) groups is 1. The van der Waals surface area contributed by atoms with E-state index in [2.05, 4.69) is 26.0 Å². The number of aromatic nitrogens is 1. The van der Waals surface area contributed by atoms with Crippen molar-refractivity contribution in [1.82, 2.24) is 19.9 Å². The van der Waals surface area contributed by atoms with Gasteiger partial charge in [-0.15, -0.1) is 0 Å². The second-order valence-corrected chi connectivity index (χ2v) is 9.86. The number of carbonyl (C=O) groups excluding carboxylic acids is 1. The summed E-state index contributed by atoms with van der Waals surface area (Å²) in [5.74, 6) is -0.231. The molecular formula is C20H26N4O3S. The van der Waals surface area contributed by atoms with Crippen molar-refractivity contribution in [3.05, 3.63) is 42.1 Å². The SMILES string of the molecule is CS(=O)(=O)NC1CN(Cc2cccc3cccnc23)CC2(CCCC2)NC1=O. The highest BCUT2D eigenvalue weighted by molar-refractivity contribution is 7.88. The van der Waals surface area contributed by atoms with Gasteiger partial charge in [0.1, 0.15) is 6.04 Å². The molecule has 0 radical (unpaired) electrons. The quantitative estimate of drug-likeness (QED) is 0.807. The van der Waals surface area contributed by atoms with Gasteiger partial charge in [0, 0.05) is 31.2 Å². The van der Waals surface area contributed by atoms with Crippen molar-refractivity contribution in [3.63, 3.8) is 0 Å².